The molecule has 0 aliphatic heterocycles. The molecule has 0 radical (unpaired) electrons. The fourth-order valence-corrected chi connectivity index (χ4v) is 2.18. The van der Waals surface area contributed by atoms with Crippen molar-refractivity contribution in [3.05, 3.63) is 54.1 Å². The molecule has 0 aromatic heterocycles. The minimum atomic E-state index is -0.903. The molecule has 0 N–H and O–H groups in total. The van der Waals surface area contributed by atoms with Gasteiger partial charge in [-0.25, -0.2) is 0 Å². The predicted molar refractivity (Wildman–Crippen MR) is 71.0 cm³/mol. The Hall–Kier alpha value is -2.32. The highest BCUT2D eigenvalue weighted by Crippen LogP contribution is 2.38. The van der Waals surface area contributed by atoms with Crippen molar-refractivity contribution in [3.8, 4) is 12.1 Å². The predicted octanol–water partition coefficient (Wildman–Crippen LogP) is 3.70. The van der Waals surface area contributed by atoms with Crippen molar-refractivity contribution in [2.24, 2.45) is 11.3 Å². The molecule has 1 aliphatic rings. The van der Waals surface area contributed by atoms with Gasteiger partial charge in [0.15, 0.2) is 5.41 Å². The fourth-order valence-electron chi connectivity index (χ4n) is 2.18. The van der Waals surface area contributed by atoms with E-state index in [0.717, 1.165) is 12.0 Å². The molecule has 88 valence electrons. The second-order valence-electron chi connectivity index (χ2n) is 4.48. The maximum atomic E-state index is 9.27. The van der Waals surface area contributed by atoms with Crippen molar-refractivity contribution in [1.82, 2.24) is 0 Å². The Morgan fingerprint density at radius 3 is 2.50 bits per heavy atom. The summed E-state index contributed by atoms with van der Waals surface area (Å²) in [6.45, 7) is 0. The highest BCUT2D eigenvalue weighted by Gasteiger charge is 2.38. The zero-order chi connectivity index (χ0) is 12.8. The number of rotatable bonds is 2. The van der Waals surface area contributed by atoms with Gasteiger partial charge in [-0.3, -0.25) is 0 Å². The summed E-state index contributed by atoms with van der Waals surface area (Å²) < 4.78 is 0. The van der Waals surface area contributed by atoms with Crippen LogP contribution >= 0.6 is 0 Å². The number of benzene rings is 1. The molecule has 1 unspecified atom stereocenters. The number of hydrogen-bond acceptors (Lipinski definition) is 2. The Bertz CT molecular complexity index is 527. The van der Waals surface area contributed by atoms with Gasteiger partial charge in [0.1, 0.15) is 0 Å². The van der Waals surface area contributed by atoms with Crippen molar-refractivity contribution in [2.75, 3.05) is 0 Å². The highest BCUT2D eigenvalue weighted by molar-refractivity contribution is 5.50. The lowest BCUT2D eigenvalue weighted by Crippen LogP contribution is -2.27. The van der Waals surface area contributed by atoms with E-state index in [1.807, 2.05) is 54.6 Å². The van der Waals surface area contributed by atoms with Crippen LogP contribution in [0.3, 0.4) is 0 Å². The summed E-state index contributed by atoms with van der Waals surface area (Å²) in [4.78, 5) is 0. The molecule has 2 nitrogen and oxygen atoms in total. The molecule has 0 spiro atoms. The Kier molecular flexibility index (Phi) is 3.60. The molecule has 2 heteroatoms. The fraction of sp³-hybridized carbons (Fsp3) is 0.250. The van der Waals surface area contributed by atoms with Crippen molar-refractivity contribution in [2.45, 2.75) is 12.8 Å². The quantitative estimate of drug-likeness (QED) is 0.732. The van der Waals surface area contributed by atoms with Gasteiger partial charge in [0, 0.05) is 5.92 Å². The molecular formula is C16H14N2. The lowest BCUT2D eigenvalue weighted by molar-refractivity contribution is 0.372. The summed E-state index contributed by atoms with van der Waals surface area (Å²) >= 11 is 0. The Morgan fingerprint density at radius 1 is 1.11 bits per heavy atom. The summed E-state index contributed by atoms with van der Waals surface area (Å²) in [5.74, 6) is -0.0299. The zero-order valence-corrected chi connectivity index (χ0v) is 10.1. The van der Waals surface area contributed by atoms with Gasteiger partial charge in [-0.2, -0.15) is 10.5 Å². The molecule has 1 aliphatic carbocycles. The summed E-state index contributed by atoms with van der Waals surface area (Å²) in [6, 6.07) is 14.3. The second kappa shape index (κ2) is 5.34. The largest absolute Gasteiger partial charge is 0.197 e. The first kappa shape index (κ1) is 12.1. The first-order chi connectivity index (χ1) is 8.80. The van der Waals surface area contributed by atoms with E-state index in [1.165, 1.54) is 0 Å². The van der Waals surface area contributed by atoms with Crippen molar-refractivity contribution < 1.29 is 0 Å². The lowest BCUT2D eigenvalue weighted by Gasteiger charge is -2.27. The minimum absolute atomic E-state index is 0.0299. The number of hydrogen-bond donors (Lipinski definition) is 0. The van der Waals surface area contributed by atoms with E-state index in [1.54, 1.807) is 0 Å². The first-order valence-corrected chi connectivity index (χ1v) is 6.01. The lowest BCUT2D eigenvalue weighted by atomic mass is 9.70. The molecule has 0 bridgehead atoms. The molecular weight excluding hydrogens is 220 g/mol. The van der Waals surface area contributed by atoms with Crippen LogP contribution in [0.25, 0.3) is 6.08 Å². The third-order valence-corrected chi connectivity index (χ3v) is 3.35. The molecule has 18 heavy (non-hydrogen) atoms. The van der Waals surface area contributed by atoms with Gasteiger partial charge in [-0.1, -0.05) is 54.6 Å². The average molecular weight is 234 g/mol. The van der Waals surface area contributed by atoms with E-state index in [-0.39, 0.29) is 5.92 Å². The molecule has 0 amide bonds. The van der Waals surface area contributed by atoms with E-state index in [2.05, 4.69) is 12.1 Å². The van der Waals surface area contributed by atoms with Crippen LogP contribution in [0.4, 0.5) is 0 Å². The summed E-state index contributed by atoms with van der Waals surface area (Å²) in [6.07, 6.45) is 9.24. The highest BCUT2D eigenvalue weighted by atomic mass is 14.5. The maximum Gasteiger partial charge on any atom is 0.153 e. The van der Waals surface area contributed by atoms with Crippen LogP contribution in [-0.2, 0) is 0 Å². The van der Waals surface area contributed by atoms with Gasteiger partial charge < -0.3 is 0 Å². The van der Waals surface area contributed by atoms with E-state index in [4.69, 9.17) is 0 Å². The summed E-state index contributed by atoms with van der Waals surface area (Å²) in [5, 5.41) is 18.5. The standard InChI is InChI=1S/C16H14N2/c17-12-16(13-18)11-5-4-8-15(16)10-9-14-6-2-1-3-7-14/h1-7,9-10,15H,8,11H2/b10-9+. The van der Waals surface area contributed by atoms with E-state index in [0.29, 0.717) is 6.42 Å². The van der Waals surface area contributed by atoms with Crippen LogP contribution in [0.1, 0.15) is 18.4 Å². The van der Waals surface area contributed by atoms with E-state index in [9.17, 15) is 10.5 Å². The van der Waals surface area contributed by atoms with Gasteiger partial charge >= 0.3 is 0 Å². The van der Waals surface area contributed by atoms with Crippen LogP contribution in [0.5, 0.6) is 0 Å². The molecule has 0 heterocycles. The zero-order valence-electron chi connectivity index (χ0n) is 10.1. The third-order valence-electron chi connectivity index (χ3n) is 3.35. The molecule has 0 saturated heterocycles. The smallest absolute Gasteiger partial charge is 0.153 e. The summed E-state index contributed by atoms with van der Waals surface area (Å²) in [5.41, 5.74) is 0.192. The van der Waals surface area contributed by atoms with Gasteiger partial charge in [-0.15, -0.1) is 0 Å². The minimum Gasteiger partial charge on any atom is -0.197 e. The SMILES string of the molecule is N#CC1(C#N)CC=CCC1/C=C/c1ccccc1. The van der Waals surface area contributed by atoms with Crippen LogP contribution in [0, 0.1) is 34.0 Å². The topological polar surface area (TPSA) is 47.6 Å². The number of nitrogens with zero attached hydrogens (tertiary/aromatic N) is 2. The normalized spacial score (nSPS) is 21.3. The van der Waals surface area contributed by atoms with Crippen LogP contribution in [-0.4, -0.2) is 0 Å². The molecule has 0 fully saturated rings. The number of allylic oxidation sites excluding steroid dienone is 3. The molecule has 1 aromatic rings. The number of nitriles is 2. The van der Waals surface area contributed by atoms with Crippen LogP contribution in [0.2, 0.25) is 0 Å². The third kappa shape index (κ3) is 2.34. The monoisotopic (exact) mass is 234 g/mol. The van der Waals surface area contributed by atoms with E-state index >= 15 is 0 Å². The Morgan fingerprint density at radius 2 is 1.83 bits per heavy atom. The van der Waals surface area contributed by atoms with Crippen LogP contribution in [0.15, 0.2) is 48.6 Å². The van der Waals surface area contributed by atoms with Crippen molar-refractivity contribution >= 4 is 6.08 Å². The Labute approximate surface area is 107 Å². The van der Waals surface area contributed by atoms with E-state index < -0.39 is 5.41 Å². The van der Waals surface area contributed by atoms with Gasteiger partial charge in [-0.05, 0) is 18.4 Å². The van der Waals surface area contributed by atoms with Crippen LogP contribution < -0.4 is 0 Å². The average Bonchev–Trinajstić information content (AvgIpc) is 2.46. The summed E-state index contributed by atoms with van der Waals surface area (Å²) in [7, 11) is 0. The van der Waals surface area contributed by atoms with Gasteiger partial charge in [0.2, 0.25) is 0 Å². The maximum absolute atomic E-state index is 9.27. The molecule has 0 saturated carbocycles. The second-order valence-corrected chi connectivity index (χ2v) is 4.48. The van der Waals surface area contributed by atoms with Gasteiger partial charge in [0.25, 0.3) is 0 Å². The molecule has 1 aromatic carbocycles. The first-order valence-electron chi connectivity index (χ1n) is 6.01. The van der Waals surface area contributed by atoms with Crippen molar-refractivity contribution in [3.63, 3.8) is 0 Å². The Balaban J connectivity index is 2.23. The molecule has 2 rings (SSSR count). The molecule has 1 atom stereocenters. The van der Waals surface area contributed by atoms with Crippen molar-refractivity contribution in [1.29, 1.82) is 10.5 Å². The van der Waals surface area contributed by atoms with Gasteiger partial charge in [0.05, 0.1) is 12.1 Å².